The van der Waals surface area contributed by atoms with Crippen LogP contribution in [-0.4, -0.2) is 9.55 Å². The molecule has 0 amide bonds. The number of anilines is 1. The summed E-state index contributed by atoms with van der Waals surface area (Å²) in [5.74, 6) is -1.12. The van der Waals surface area contributed by atoms with Gasteiger partial charge >= 0.3 is 0 Å². The Hall–Kier alpha value is -2.70. The molecule has 102 valence electrons. The second-order valence-corrected chi connectivity index (χ2v) is 4.38. The molecule has 0 atom stereocenters. The van der Waals surface area contributed by atoms with Crippen molar-refractivity contribution >= 4 is 18.1 Å². The van der Waals surface area contributed by atoms with Gasteiger partial charge in [0.2, 0.25) is 0 Å². The zero-order chi connectivity index (χ0) is 14.4. The normalized spacial score (nSPS) is 12.8. The topological polar surface area (TPSA) is 65.7 Å². The zero-order valence-corrected chi connectivity index (χ0v) is 10.6. The minimum Gasteiger partial charge on any atom is -0.303 e. The van der Waals surface area contributed by atoms with E-state index in [1.165, 1.54) is 6.07 Å². The first-order valence-electron chi connectivity index (χ1n) is 5.84. The van der Waals surface area contributed by atoms with E-state index in [4.69, 9.17) is 5.41 Å². The number of para-hydroxylation sites is 1. The van der Waals surface area contributed by atoms with Gasteiger partial charge in [-0.1, -0.05) is 12.6 Å². The van der Waals surface area contributed by atoms with E-state index in [1.54, 1.807) is 6.92 Å². The van der Waals surface area contributed by atoms with Crippen LogP contribution in [-0.2, 0) is 0 Å². The zero-order valence-electron chi connectivity index (χ0n) is 10.6. The number of benzene rings is 1. The summed E-state index contributed by atoms with van der Waals surface area (Å²) < 4.78 is 28.9. The molecule has 0 fully saturated rings. The number of fused-ring (bicyclic) bond motifs is 1. The second kappa shape index (κ2) is 4.16. The van der Waals surface area contributed by atoms with E-state index < -0.39 is 11.6 Å². The first kappa shape index (κ1) is 12.3. The Morgan fingerprint density at radius 3 is 2.55 bits per heavy atom. The molecule has 1 aromatic heterocycles. The summed E-state index contributed by atoms with van der Waals surface area (Å²) in [4.78, 5) is 4.13. The Labute approximate surface area is 112 Å². The first-order chi connectivity index (χ1) is 9.50. The van der Waals surface area contributed by atoms with E-state index >= 15 is 0 Å². The third kappa shape index (κ3) is 1.59. The molecule has 0 aliphatic carbocycles. The number of hydrogen-bond acceptors (Lipinski definition) is 4. The lowest BCUT2D eigenvalue weighted by Gasteiger charge is -2.10. The number of hydrazine groups is 1. The second-order valence-electron chi connectivity index (χ2n) is 4.38. The molecule has 5 nitrogen and oxygen atoms in total. The molecular formula is C13H11F2N5. The summed E-state index contributed by atoms with van der Waals surface area (Å²) in [7, 11) is 0. The predicted molar refractivity (Wildman–Crippen MR) is 69.9 cm³/mol. The molecule has 0 unspecified atom stereocenters. The van der Waals surface area contributed by atoms with Crippen molar-refractivity contribution in [3.63, 3.8) is 0 Å². The van der Waals surface area contributed by atoms with Crippen LogP contribution < -0.4 is 27.0 Å². The Morgan fingerprint density at radius 1 is 1.25 bits per heavy atom. The van der Waals surface area contributed by atoms with Crippen molar-refractivity contribution in [2.45, 2.75) is 6.92 Å². The van der Waals surface area contributed by atoms with Crippen LogP contribution in [0.4, 0.5) is 14.6 Å². The van der Waals surface area contributed by atoms with E-state index in [0.717, 1.165) is 16.7 Å². The van der Waals surface area contributed by atoms with E-state index in [-0.39, 0.29) is 16.7 Å². The highest BCUT2D eigenvalue weighted by molar-refractivity contribution is 5.56. The van der Waals surface area contributed by atoms with Crippen LogP contribution in [0.1, 0.15) is 6.92 Å². The number of aromatic nitrogens is 2. The lowest BCUT2D eigenvalue weighted by Crippen LogP contribution is -2.44. The van der Waals surface area contributed by atoms with Crippen molar-refractivity contribution in [1.29, 1.82) is 5.41 Å². The van der Waals surface area contributed by atoms with Crippen molar-refractivity contribution in [2.24, 2.45) is 0 Å². The summed E-state index contributed by atoms with van der Waals surface area (Å²) in [6.07, 6.45) is 0. The minimum absolute atomic E-state index is 0.0711. The molecule has 2 aromatic rings. The molecule has 7 heteroatoms. The van der Waals surface area contributed by atoms with Crippen LogP contribution in [0.5, 0.6) is 0 Å². The maximum Gasteiger partial charge on any atom is 0.159 e. The monoisotopic (exact) mass is 275 g/mol. The molecule has 0 radical (unpaired) electrons. The van der Waals surface area contributed by atoms with Gasteiger partial charge in [0.15, 0.2) is 5.82 Å². The van der Waals surface area contributed by atoms with Crippen LogP contribution in [0.25, 0.3) is 18.0 Å². The van der Waals surface area contributed by atoms with Crippen LogP contribution in [0, 0.1) is 17.0 Å². The number of nitrogens with one attached hydrogen (secondary N) is 3. The fraction of sp³-hybridized carbons (Fsp3) is 0.0769. The highest BCUT2D eigenvalue weighted by Gasteiger charge is 2.17. The molecule has 0 spiro atoms. The molecule has 1 aliphatic heterocycles. The third-order valence-electron chi connectivity index (χ3n) is 3.10. The van der Waals surface area contributed by atoms with Gasteiger partial charge in [-0.2, -0.15) is 0 Å². The van der Waals surface area contributed by atoms with Gasteiger partial charge < -0.3 is 5.43 Å². The Morgan fingerprint density at radius 2 is 1.90 bits per heavy atom. The quantitative estimate of drug-likeness (QED) is 0.691. The van der Waals surface area contributed by atoms with Gasteiger partial charge in [-0.3, -0.25) is 15.4 Å². The van der Waals surface area contributed by atoms with Gasteiger partial charge in [0.05, 0.1) is 5.22 Å². The predicted octanol–water partition coefficient (Wildman–Crippen LogP) is 0.0985. The van der Waals surface area contributed by atoms with E-state index in [2.05, 4.69) is 22.4 Å². The summed E-state index contributed by atoms with van der Waals surface area (Å²) >= 11 is 0. The number of hydrogen-bond donors (Lipinski definition) is 3. The Bertz CT molecular complexity index is 865. The van der Waals surface area contributed by atoms with Crippen LogP contribution in [0.2, 0.25) is 0 Å². The van der Waals surface area contributed by atoms with Gasteiger partial charge in [0, 0.05) is 5.70 Å². The van der Waals surface area contributed by atoms with Crippen molar-refractivity contribution in [2.75, 3.05) is 5.43 Å². The van der Waals surface area contributed by atoms with Crippen LogP contribution in [0.15, 0.2) is 18.2 Å². The van der Waals surface area contributed by atoms with E-state index in [0.29, 0.717) is 16.7 Å². The molecule has 3 N–H and O–H groups in total. The molecular weight excluding hydrogens is 264 g/mol. The molecule has 2 heterocycles. The Balaban J connectivity index is 2.49. The lowest BCUT2D eigenvalue weighted by atomic mass is 10.2. The molecule has 1 aliphatic rings. The fourth-order valence-electron chi connectivity index (χ4n) is 2.19. The average Bonchev–Trinajstić information content (AvgIpc) is 2.74. The summed E-state index contributed by atoms with van der Waals surface area (Å²) in [5, 5.41) is 8.64. The molecule has 20 heavy (non-hydrogen) atoms. The van der Waals surface area contributed by atoms with Crippen molar-refractivity contribution < 1.29 is 8.78 Å². The maximum absolute atomic E-state index is 13.9. The standard InChI is InChI=1S/C13H11F2N5/c1-6-10-12(16)20(7(2)17-13(10)19-18-6)11-8(14)4-3-5-9(11)15/h3-5,16H,2H2,1H3,(H2,17,18,19). The highest BCUT2D eigenvalue weighted by atomic mass is 19.1. The van der Waals surface area contributed by atoms with Crippen molar-refractivity contribution in [3.05, 3.63) is 46.0 Å². The Kier molecular flexibility index (Phi) is 2.56. The molecule has 1 aromatic carbocycles. The summed E-state index contributed by atoms with van der Waals surface area (Å²) in [6, 6.07) is 3.53. The smallest absolute Gasteiger partial charge is 0.159 e. The molecule has 0 saturated carbocycles. The van der Waals surface area contributed by atoms with Crippen molar-refractivity contribution in [1.82, 2.24) is 15.0 Å². The van der Waals surface area contributed by atoms with Crippen LogP contribution >= 0.6 is 0 Å². The third-order valence-corrected chi connectivity index (χ3v) is 3.10. The van der Waals surface area contributed by atoms with Gasteiger partial charge in [-0.05, 0) is 19.1 Å². The first-order valence-corrected chi connectivity index (χ1v) is 5.84. The summed E-state index contributed by atoms with van der Waals surface area (Å²) in [6.45, 7) is 5.40. The highest BCUT2D eigenvalue weighted by Crippen LogP contribution is 2.14. The molecule has 0 bridgehead atoms. The van der Waals surface area contributed by atoms with Gasteiger partial charge in [-0.15, -0.1) is 0 Å². The summed E-state index contributed by atoms with van der Waals surface area (Å²) in [5.41, 5.74) is 5.89. The minimum atomic E-state index is -0.772. The van der Waals surface area contributed by atoms with E-state index in [9.17, 15) is 8.78 Å². The lowest BCUT2D eigenvalue weighted by molar-refractivity contribution is 0.560. The number of halogens is 2. The van der Waals surface area contributed by atoms with Gasteiger partial charge in [0.25, 0.3) is 0 Å². The fourth-order valence-corrected chi connectivity index (χ4v) is 2.19. The van der Waals surface area contributed by atoms with Gasteiger partial charge in [-0.25, -0.2) is 13.8 Å². The van der Waals surface area contributed by atoms with E-state index in [1.807, 2.05) is 0 Å². The SMILES string of the molecule is C=c1nc2c(c(=N)n1-c1c(F)cccc1F)=C(C)NN2. The van der Waals surface area contributed by atoms with Gasteiger partial charge in [0.1, 0.15) is 28.3 Å². The number of nitrogens with zero attached hydrogens (tertiary/aromatic N) is 2. The molecule has 3 rings (SSSR count). The molecule has 0 saturated heterocycles. The number of rotatable bonds is 1. The van der Waals surface area contributed by atoms with Crippen LogP contribution in [0.3, 0.4) is 0 Å². The average molecular weight is 275 g/mol. The maximum atomic E-state index is 13.9. The largest absolute Gasteiger partial charge is 0.303 e. The van der Waals surface area contributed by atoms with Crippen molar-refractivity contribution in [3.8, 4) is 5.69 Å².